The molecule has 0 atom stereocenters. The first kappa shape index (κ1) is 4.99. The van der Waals surface area contributed by atoms with E-state index in [1.165, 1.54) is 19.4 Å². The van der Waals surface area contributed by atoms with Crippen molar-refractivity contribution in [2.75, 3.05) is 0 Å². The van der Waals surface area contributed by atoms with E-state index in [9.17, 15) is 0 Å². The average Bonchev–Trinajstić information content (AvgIpc) is 1.41. The molecular weight excluding hydrogens is 232 g/mol. The van der Waals surface area contributed by atoms with Crippen LogP contribution in [0.15, 0.2) is 11.8 Å². The molecule has 0 heterocycles. The maximum atomic E-state index is 3.39. The normalized spacial score (nSPS) is 4.00. The summed E-state index contributed by atoms with van der Waals surface area (Å²) in [5, 5.41) is 0. The van der Waals surface area contributed by atoms with Crippen LogP contribution in [0.1, 0.15) is 0 Å². The Morgan fingerprint density at radius 2 is 2.40 bits per heavy atom. The van der Waals surface area contributed by atoms with Gasteiger partial charge < -0.3 is 0 Å². The molecule has 0 N–H and O–H groups in total. The molecule has 0 nitrogen and oxygen atoms in total. The third-order valence-corrected chi connectivity index (χ3v) is 0.584. The zero-order valence-electron chi connectivity index (χ0n) is 2.69. The van der Waals surface area contributed by atoms with Gasteiger partial charge >= 0.3 is 42.1 Å². The van der Waals surface area contributed by atoms with E-state index in [1.807, 2.05) is 0 Å². The Bertz CT molecular complexity index is 81.8. The van der Waals surface area contributed by atoms with Gasteiger partial charge in [0.2, 0.25) is 0 Å². The van der Waals surface area contributed by atoms with Gasteiger partial charge in [0.25, 0.3) is 0 Å². The van der Waals surface area contributed by atoms with Crippen molar-refractivity contribution in [2.45, 2.75) is 0 Å². The summed E-state index contributed by atoms with van der Waals surface area (Å²) >= 11 is 1.29. The first-order valence-corrected chi connectivity index (χ1v) is 2.62. The molecule has 26 valence electrons. The third-order valence-electron chi connectivity index (χ3n) is 0.161. The van der Waals surface area contributed by atoms with Crippen LogP contribution in [-0.4, -0.2) is 4.06 Å². The zero-order valence-corrected chi connectivity index (χ0v) is 5.63. The molecule has 0 rings (SSSR count). The van der Waals surface area contributed by atoms with E-state index >= 15 is 0 Å². The summed E-state index contributed by atoms with van der Waals surface area (Å²) in [6.45, 7) is 3.39. The summed E-state index contributed by atoms with van der Waals surface area (Å²) in [5.74, 6) is 0. The van der Waals surface area contributed by atoms with Crippen molar-refractivity contribution in [1.82, 2.24) is 0 Å². The molecule has 0 amide bonds. The first-order valence-electron chi connectivity index (χ1n) is 1.15. The summed E-state index contributed by atoms with van der Waals surface area (Å²) in [6.07, 6.45) is 1.59. The van der Waals surface area contributed by atoms with Gasteiger partial charge in [0.1, 0.15) is 0 Å². The fourth-order valence-electron chi connectivity index (χ4n) is 0.0417. The van der Waals surface area contributed by atoms with E-state index in [0.717, 1.165) is 0 Å². The Labute approximate surface area is 42.6 Å². The van der Waals surface area contributed by atoms with Gasteiger partial charge in [0, 0.05) is 0 Å². The molecule has 0 aliphatic carbocycles. The molecular formula is C4H3W-. The Hall–Kier alpha value is -0.0117. The van der Waals surface area contributed by atoms with Crippen LogP contribution in [0.3, 0.4) is 0 Å². The Kier molecular flexibility index (Phi) is 3.98. The Morgan fingerprint density at radius 3 is 2.40 bits per heavy atom. The van der Waals surface area contributed by atoms with Crippen molar-refractivity contribution in [3.8, 4) is 0 Å². The monoisotopic (exact) mass is 235 g/mol. The maximum absolute atomic E-state index is 3.39. The minimum absolute atomic E-state index is 1.29. The number of rotatable bonds is 0. The van der Waals surface area contributed by atoms with Gasteiger partial charge in [-0.2, -0.15) is 0 Å². The molecule has 0 unspecified atom stereocenters. The van der Waals surface area contributed by atoms with Crippen molar-refractivity contribution in [2.24, 2.45) is 0 Å². The van der Waals surface area contributed by atoms with Crippen LogP contribution in [0, 0.1) is 6.92 Å². The second-order valence-corrected chi connectivity index (χ2v) is 1.18. The van der Waals surface area contributed by atoms with Gasteiger partial charge in [-0.25, -0.2) is 0 Å². The first-order chi connectivity index (χ1) is 2.41. The predicted molar refractivity (Wildman–Crippen MR) is 18.4 cm³/mol. The van der Waals surface area contributed by atoms with E-state index in [1.54, 1.807) is 6.08 Å². The summed E-state index contributed by atoms with van der Waals surface area (Å²) < 4.78 is 2.73. The van der Waals surface area contributed by atoms with Gasteiger partial charge in [-0.05, 0) is 0 Å². The van der Waals surface area contributed by atoms with Crippen LogP contribution in [0.5, 0.6) is 0 Å². The van der Waals surface area contributed by atoms with Gasteiger partial charge in [0.05, 0.1) is 0 Å². The van der Waals surface area contributed by atoms with Gasteiger partial charge in [-0.15, -0.1) is 0 Å². The van der Waals surface area contributed by atoms with Crippen molar-refractivity contribution in [1.29, 1.82) is 0 Å². The average molecular weight is 235 g/mol. The Morgan fingerprint density at radius 1 is 1.80 bits per heavy atom. The van der Waals surface area contributed by atoms with Crippen LogP contribution < -0.4 is 0 Å². The van der Waals surface area contributed by atoms with E-state index in [4.69, 9.17) is 0 Å². The van der Waals surface area contributed by atoms with Gasteiger partial charge in [-0.3, -0.25) is 0 Å². The van der Waals surface area contributed by atoms with Crippen molar-refractivity contribution >= 4 is 4.06 Å². The third kappa shape index (κ3) is 3.99. The molecule has 0 saturated carbocycles. The number of hydrogen-bond donors (Lipinski definition) is 0. The van der Waals surface area contributed by atoms with Crippen molar-refractivity contribution in [3.63, 3.8) is 0 Å². The molecule has 0 aromatic carbocycles. The molecule has 0 aliphatic heterocycles. The molecule has 0 fully saturated rings. The van der Waals surface area contributed by atoms with E-state index in [-0.39, 0.29) is 0 Å². The fourth-order valence-corrected chi connectivity index (χ4v) is 0.341. The predicted octanol–water partition coefficient (Wildman–Crippen LogP) is 0.480. The molecule has 0 aromatic heterocycles. The summed E-state index contributed by atoms with van der Waals surface area (Å²) in [5.41, 5.74) is 2.66. The molecule has 0 saturated heterocycles. The molecule has 0 bridgehead atoms. The zero-order chi connectivity index (χ0) is 4.12. The van der Waals surface area contributed by atoms with Gasteiger partial charge in [0.15, 0.2) is 0 Å². The topological polar surface area (TPSA) is 0 Å². The van der Waals surface area contributed by atoms with Crippen LogP contribution in [-0.2, 0) is 19.4 Å². The Balaban J connectivity index is 3.75. The molecule has 5 heavy (non-hydrogen) atoms. The van der Waals surface area contributed by atoms with E-state index in [0.29, 0.717) is 0 Å². The van der Waals surface area contributed by atoms with E-state index < -0.39 is 0 Å². The SMILES string of the molecule is [CH2-]C=C=[C]=[W]. The summed E-state index contributed by atoms with van der Waals surface area (Å²) in [4.78, 5) is 0. The van der Waals surface area contributed by atoms with Crippen LogP contribution in [0.25, 0.3) is 0 Å². The summed E-state index contributed by atoms with van der Waals surface area (Å²) in [6, 6.07) is 0. The molecule has 0 aliphatic rings. The molecule has 1 heteroatoms. The number of allylic oxidation sites excluding steroid dienone is 1. The van der Waals surface area contributed by atoms with Crippen molar-refractivity contribution < 1.29 is 19.4 Å². The second-order valence-electron chi connectivity index (χ2n) is 0.451. The summed E-state index contributed by atoms with van der Waals surface area (Å²) in [7, 11) is 0. The van der Waals surface area contributed by atoms with Gasteiger partial charge in [-0.1, -0.05) is 0 Å². The number of hydrogen-bond acceptors (Lipinski definition) is 0. The standard InChI is InChI=1S/C4H3.W/c1-3-4-2;/h3H,1H2;/q-1;. The quantitative estimate of drug-likeness (QED) is 0.423. The van der Waals surface area contributed by atoms with Crippen LogP contribution >= 0.6 is 0 Å². The molecule has 0 spiro atoms. The molecule has 0 aromatic rings. The van der Waals surface area contributed by atoms with E-state index in [2.05, 4.69) is 16.7 Å². The van der Waals surface area contributed by atoms with Crippen LogP contribution in [0.4, 0.5) is 0 Å². The molecule has 0 radical (unpaired) electrons. The van der Waals surface area contributed by atoms with Crippen molar-refractivity contribution in [3.05, 3.63) is 18.7 Å². The van der Waals surface area contributed by atoms with Crippen LogP contribution in [0.2, 0.25) is 0 Å². The fraction of sp³-hybridized carbons (Fsp3) is 0. The second kappa shape index (κ2) is 3.99. The minimum atomic E-state index is 1.29.